The second-order valence-electron chi connectivity index (χ2n) is 6.52. The summed E-state index contributed by atoms with van der Waals surface area (Å²) in [4.78, 5) is 37.1. The van der Waals surface area contributed by atoms with E-state index >= 15 is 0 Å². The van der Waals surface area contributed by atoms with Crippen LogP contribution in [-0.2, 0) is 14.3 Å². The highest BCUT2D eigenvalue weighted by molar-refractivity contribution is 5.98. The summed E-state index contributed by atoms with van der Waals surface area (Å²) in [6.07, 6.45) is 0.643. The van der Waals surface area contributed by atoms with Crippen molar-refractivity contribution in [2.45, 2.75) is 40.1 Å². The first-order valence-electron chi connectivity index (χ1n) is 9.30. The number of rotatable bonds is 6. The number of benzene rings is 1. The van der Waals surface area contributed by atoms with Gasteiger partial charge in [0.05, 0.1) is 24.2 Å². The number of carbonyl (C=O) groups is 2. The first kappa shape index (κ1) is 20.6. The van der Waals surface area contributed by atoms with Crippen molar-refractivity contribution in [1.29, 1.82) is 0 Å². The number of hydrogen-bond donors (Lipinski definition) is 0. The Morgan fingerprint density at radius 1 is 1.14 bits per heavy atom. The normalized spacial score (nSPS) is 17.2. The van der Waals surface area contributed by atoms with Gasteiger partial charge in [0.25, 0.3) is 0 Å². The molecule has 0 saturated heterocycles. The number of fused-ring (bicyclic) bond motifs is 3. The van der Waals surface area contributed by atoms with Crippen molar-refractivity contribution in [2.24, 2.45) is 0 Å². The predicted molar refractivity (Wildman–Crippen MR) is 103 cm³/mol. The van der Waals surface area contributed by atoms with E-state index in [-0.39, 0.29) is 29.1 Å². The molecule has 0 N–H and O–H groups in total. The van der Waals surface area contributed by atoms with Crippen molar-refractivity contribution in [3.8, 4) is 17.2 Å². The fourth-order valence-corrected chi connectivity index (χ4v) is 3.01. The Morgan fingerprint density at radius 3 is 2.55 bits per heavy atom. The third-order valence-electron chi connectivity index (χ3n) is 4.12. The van der Waals surface area contributed by atoms with Gasteiger partial charge in [-0.25, -0.2) is 4.79 Å². The minimum Gasteiger partial charge on any atom is -0.462 e. The fourth-order valence-electron chi connectivity index (χ4n) is 3.01. The maximum Gasteiger partial charge on any atom is 0.368 e. The minimum atomic E-state index is -1.39. The zero-order chi connectivity index (χ0) is 21.2. The lowest BCUT2D eigenvalue weighted by Gasteiger charge is -2.21. The van der Waals surface area contributed by atoms with Gasteiger partial charge in [-0.05, 0) is 36.9 Å². The molecule has 1 atom stereocenters. The summed E-state index contributed by atoms with van der Waals surface area (Å²) in [5.41, 5.74) is -0.542. The molecule has 0 radical (unpaired) electrons. The lowest BCUT2D eigenvalue weighted by molar-refractivity contribution is -0.266. The Labute approximate surface area is 167 Å². The molecular weight excluding hydrogens is 380 g/mol. The van der Waals surface area contributed by atoms with Crippen molar-refractivity contribution < 1.29 is 33.3 Å². The van der Waals surface area contributed by atoms with Gasteiger partial charge in [-0.2, -0.15) is 0 Å². The Bertz CT molecular complexity index is 1030. The summed E-state index contributed by atoms with van der Waals surface area (Å²) in [5, 5.41) is 0.511. The van der Waals surface area contributed by atoms with E-state index in [9.17, 15) is 14.4 Å². The van der Waals surface area contributed by atoms with Gasteiger partial charge >= 0.3 is 17.9 Å². The van der Waals surface area contributed by atoms with E-state index in [1.807, 2.05) is 6.92 Å². The van der Waals surface area contributed by atoms with Gasteiger partial charge in [0.2, 0.25) is 5.43 Å². The van der Waals surface area contributed by atoms with Crippen LogP contribution >= 0.6 is 0 Å². The fraction of sp³-hybridized carbons (Fsp3) is 0.381. The van der Waals surface area contributed by atoms with Crippen LogP contribution in [0.2, 0.25) is 0 Å². The highest BCUT2D eigenvalue weighted by Crippen LogP contribution is 2.44. The molecular formula is C21H22O8. The van der Waals surface area contributed by atoms with Crippen molar-refractivity contribution in [2.75, 3.05) is 13.2 Å². The molecule has 1 unspecified atom stereocenters. The monoisotopic (exact) mass is 402 g/mol. The Kier molecular flexibility index (Phi) is 5.74. The summed E-state index contributed by atoms with van der Waals surface area (Å²) in [7, 11) is 0. The van der Waals surface area contributed by atoms with Gasteiger partial charge in [0.15, 0.2) is 17.2 Å². The first-order valence-corrected chi connectivity index (χ1v) is 9.30. The van der Waals surface area contributed by atoms with Crippen LogP contribution in [0.25, 0.3) is 10.8 Å². The Balaban J connectivity index is 2.25. The van der Waals surface area contributed by atoms with Crippen LogP contribution in [0.3, 0.4) is 0 Å². The molecule has 0 saturated carbocycles. The molecule has 8 heteroatoms. The van der Waals surface area contributed by atoms with E-state index in [1.54, 1.807) is 26.0 Å². The number of carbonyl (C=O) groups excluding carboxylic acids is 2. The molecule has 0 aliphatic carbocycles. The number of esters is 2. The van der Waals surface area contributed by atoms with Crippen LogP contribution < -0.4 is 19.6 Å². The predicted octanol–water partition coefficient (Wildman–Crippen LogP) is 3.17. The average molecular weight is 402 g/mol. The summed E-state index contributed by atoms with van der Waals surface area (Å²) < 4.78 is 27.2. The molecule has 1 aliphatic heterocycles. The van der Waals surface area contributed by atoms with Crippen LogP contribution in [0.15, 0.2) is 29.1 Å². The van der Waals surface area contributed by atoms with Crippen molar-refractivity contribution in [1.82, 2.24) is 0 Å². The average Bonchev–Trinajstić information content (AvgIpc) is 2.92. The zero-order valence-electron chi connectivity index (χ0n) is 16.7. The first-order chi connectivity index (χ1) is 13.8. The van der Waals surface area contributed by atoms with E-state index in [4.69, 9.17) is 23.7 Å². The zero-order valence-corrected chi connectivity index (χ0v) is 16.7. The van der Waals surface area contributed by atoms with Crippen molar-refractivity contribution in [3.63, 3.8) is 0 Å². The third-order valence-corrected chi connectivity index (χ3v) is 4.12. The Morgan fingerprint density at radius 2 is 1.90 bits per heavy atom. The van der Waals surface area contributed by atoms with E-state index in [0.717, 1.165) is 0 Å². The van der Waals surface area contributed by atoms with Crippen molar-refractivity contribution in [3.05, 3.63) is 40.1 Å². The summed E-state index contributed by atoms with van der Waals surface area (Å²) >= 11 is 0. The summed E-state index contributed by atoms with van der Waals surface area (Å²) in [6.45, 7) is 6.94. The quantitative estimate of drug-likeness (QED) is 0.680. The van der Waals surface area contributed by atoms with Crippen LogP contribution in [0.1, 0.15) is 44.5 Å². The molecule has 0 fully saturated rings. The number of hydrogen-bond acceptors (Lipinski definition) is 8. The van der Waals surface area contributed by atoms with Crippen LogP contribution in [0.4, 0.5) is 0 Å². The molecule has 8 nitrogen and oxygen atoms in total. The molecule has 29 heavy (non-hydrogen) atoms. The van der Waals surface area contributed by atoms with Gasteiger partial charge in [-0.3, -0.25) is 9.59 Å². The second kappa shape index (κ2) is 8.08. The van der Waals surface area contributed by atoms with Crippen LogP contribution in [-0.4, -0.2) is 31.1 Å². The van der Waals surface area contributed by atoms with Gasteiger partial charge < -0.3 is 23.7 Å². The molecule has 1 aliphatic rings. The van der Waals surface area contributed by atoms with Gasteiger partial charge in [0.1, 0.15) is 0 Å². The van der Waals surface area contributed by atoms with Crippen LogP contribution in [0.5, 0.6) is 17.2 Å². The van der Waals surface area contributed by atoms with E-state index in [0.29, 0.717) is 24.2 Å². The van der Waals surface area contributed by atoms with E-state index in [2.05, 4.69) is 0 Å². The summed E-state index contributed by atoms with van der Waals surface area (Å²) in [5.74, 6) is -2.57. The highest BCUT2D eigenvalue weighted by atomic mass is 16.9. The second-order valence-corrected chi connectivity index (χ2v) is 6.52. The number of ether oxygens (including phenoxy) is 5. The molecule has 0 amide bonds. The smallest absolute Gasteiger partial charge is 0.368 e. The lowest BCUT2D eigenvalue weighted by atomic mass is 10.1. The molecule has 1 heterocycles. The van der Waals surface area contributed by atoms with Crippen LogP contribution in [0, 0.1) is 0 Å². The molecule has 0 spiro atoms. The molecule has 2 aromatic rings. The SMILES string of the molecule is CCCOC(=O)c1cc(OC(C)=O)c(=O)c2c3c(ccc2c1)OC(C)(OCC)O3. The van der Waals surface area contributed by atoms with E-state index in [1.165, 1.54) is 19.1 Å². The third kappa shape index (κ3) is 4.17. The maximum absolute atomic E-state index is 13.2. The standard InChI is InChI=1S/C21H22O8/c1-5-9-25-20(24)14-10-13-7-8-15-19(29-21(4,28-15)26-6-2)17(13)18(23)16(11-14)27-12(3)22/h7-8,10-11H,5-6,9H2,1-4H3. The van der Waals surface area contributed by atoms with E-state index < -0.39 is 23.3 Å². The molecule has 2 aromatic carbocycles. The maximum atomic E-state index is 13.2. The molecule has 0 bridgehead atoms. The molecule has 154 valence electrons. The molecule has 0 aromatic heterocycles. The lowest BCUT2D eigenvalue weighted by Crippen LogP contribution is -2.38. The highest BCUT2D eigenvalue weighted by Gasteiger charge is 2.39. The molecule has 3 rings (SSSR count). The Hall–Kier alpha value is -3.13. The van der Waals surface area contributed by atoms with Crippen molar-refractivity contribution >= 4 is 22.7 Å². The topological polar surface area (TPSA) is 97.4 Å². The van der Waals surface area contributed by atoms with Gasteiger partial charge in [-0.1, -0.05) is 13.0 Å². The van der Waals surface area contributed by atoms with Gasteiger partial charge in [-0.15, -0.1) is 0 Å². The van der Waals surface area contributed by atoms with Gasteiger partial charge in [0, 0.05) is 13.8 Å². The largest absolute Gasteiger partial charge is 0.462 e. The minimum absolute atomic E-state index is 0.0771. The summed E-state index contributed by atoms with van der Waals surface area (Å²) in [6, 6.07) is 5.92.